The molecule has 0 spiro atoms. The minimum Gasteiger partial charge on any atom is -0.468 e. The van der Waals surface area contributed by atoms with E-state index in [1.807, 2.05) is 20.8 Å². The molecular weight excluding hydrogens is 272 g/mol. The number of alkyl halides is 1. The van der Waals surface area contributed by atoms with Gasteiger partial charge in [0.2, 0.25) is 0 Å². The first-order valence-electron chi connectivity index (χ1n) is 5.62. The smallest absolute Gasteiger partial charge is 0.316 e. The summed E-state index contributed by atoms with van der Waals surface area (Å²) in [4.78, 5) is 23.9. The van der Waals surface area contributed by atoms with E-state index in [-0.39, 0.29) is 11.7 Å². The zero-order valence-corrected chi connectivity index (χ0v) is 11.8. The topological polar surface area (TPSA) is 43.4 Å². The minimum atomic E-state index is -0.608. The van der Waals surface area contributed by atoms with Crippen LogP contribution in [-0.2, 0) is 14.3 Å². The number of Topliss-reactive ketones (excluding diaryl/α,β-unsaturated/α-hetero) is 1. The van der Waals surface area contributed by atoms with Crippen molar-refractivity contribution in [1.82, 2.24) is 0 Å². The van der Waals surface area contributed by atoms with Crippen LogP contribution in [0.25, 0.3) is 0 Å². The Morgan fingerprint density at radius 2 is 2.12 bits per heavy atom. The molecule has 0 aliphatic heterocycles. The quantitative estimate of drug-likeness (QED) is 0.446. The van der Waals surface area contributed by atoms with Crippen molar-refractivity contribution >= 4 is 27.7 Å². The fraction of sp³-hybridized carbons (Fsp3) is 0.833. The average molecular weight is 291 g/mol. The molecule has 0 N–H and O–H groups in total. The van der Waals surface area contributed by atoms with Crippen LogP contribution in [0.2, 0.25) is 0 Å². The third kappa shape index (κ3) is 2.47. The number of esters is 1. The van der Waals surface area contributed by atoms with Crippen LogP contribution in [0.1, 0.15) is 33.6 Å². The molecule has 3 nitrogen and oxygen atoms in total. The molecule has 0 unspecified atom stereocenters. The van der Waals surface area contributed by atoms with Crippen molar-refractivity contribution < 1.29 is 14.3 Å². The lowest BCUT2D eigenvalue weighted by Crippen LogP contribution is -2.48. The highest BCUT2D eigenvalue weighted by atomic mass is 79.9. The summed E-state index contributed by atoms with van der Waals surface area (Å²) in [6, 6.07) is 0. The molecule has 16 heavy (non-hydrogen) atoms. The van der Waals surface area contributed by atoms with Gasteiger partial charge in [0.15, 0.2) is 5.78 Å². The summed E-state index contributed by atoms with van der Waals surface area (Å²) >= 11 is 3.42. The van der Waals surface area contributed by atoms with E-state index in [1.54, 1.807) is 0 Å². The standard InChI is InChI=1S/C12H19BrO3/c1-7(2)8-5-6-12(3,13)10(14)9(8)11(15)16-4/h7-9H,5-6H2,1-4H3/t8-,9-,12-/m0/s1. The molecule has 1 fully saturated rings. The van der Waals surface area contributed by atoms with Crippen LogP contribution in [0.15, 0.2) is 0 Å². The fourth-order valence-corrected chi connectivity index (χ4v) is 2.85. The summed E-state index contributed by atoms with van der Waals surface area (Å²) in [6.45, 7) is 5.93. The van der Waals surface area contributed by atoms with Gasteiger partial charge in [-0.2, -0.15) is 0 Å². The summed E-state index contributed by atoms with van der Waals surface area (Å²) in [5, 5.41) is 0. The number of ether oxygens (including phenoxy) is 1. The molecule has 1 aliphatic rings. The van der Waals surface area contributed by atoms with Gasteiger partial charge in [0.1, 0.15) is 5.92 Å². The molecule has 0 radical (unpaired) electrons. The SMILES string of the molecule is COC(=O)[C@@H]1C(=O)[C@@](C)(Br)CC[C@H]1C(C)C. The lowest BCUT2D eigenvalue weighted by Gasteiger charge is -2.38. The molecule has 4 heteroatoms. The van der Waals surface area contributed by atoms with E-state index < -0.39 is 16.2 Å². The Bertz CT molecular complexity index is 297. The lowest BCUT2D eigenvalue weighted by atomic mass is 9.69. The first-order chi connectivity index (χ1) is 7.31. The summed E-state index contributed by atoms with van der Waals surface area (Å²) in [7, 11) is 1.34. The molecule has 0 saturated heterocycles. The van der Waals surface area contributed by atoms with E-state index in [1.165, 1.54) is 7.11 Å². The van der Waals surface area contributed by atoms with Crippen molar-refractivity contribution in [1.29, 1.82) is 0 Å². The number of halogens is 1. The molecule has 0 aromatic heterocycles. The van der Waals surface area contributed by atoms with E-state index in [2.05, 4.69) is 15.9 Å². The number of hydrogen-bond acceptors (Lipinski definition) is 3. The van der Waals surface area contributed by atoms with Crippen LogP contribution in [0, 0.1) is 17.8 Å². The van der Waals surface area contributed by atoms with Crippen LogP contribution >= 0.6 is 15.9 Å². The Morgan fingerprint density at radius 3 is 2.56 bits per heavy atom. The molecule has 92 valence electrons. The Hall–Kier alpha value is -0.380. The highest BCUT2D eigenvalue weighted by Gasteiger charge is 2.48. The molecule has 0 bridgehead atoms. The zero-order valence-electron chi connectivity index (χ0n) is 10.2. The van der Waals surface area contributed by atoms with Gasteiger partial charge in [-0.3, -0.25) is 9.59 Å². The molecule has 1 saturated carbocycles. The number of hydrogen-bond donors (Lipinski definition) is 0. The minimum absolute atomic E-state index is 0.0377. The van der Waals surface area contributed by atoms with Crippen molar-refractivity contribution in [2.45, 2.75) is 37.9 Å². The fourth-order valence-electron chi connectivity index (χ4n) is 2.37. The molecule has 1 rings (SSSR count). The van der Waals surface area contributed by atoms with Gasteiger partial charge < -0.3 is 4.74 Å². The van der Waals surface area contributed by atoms with Crippen LogP contribution in [-0.4, -0.2) is 23.2 Å². The predicted octanol–water partition coefficient (Wildman–Crippen LogP) is 2.56. The number of carbonyl (C=O) groups excluding carboxylic acids is 2. The normalized spacial score (nSPS) is 35.2. The Labute approximate surface area is 105 Å². The predicted molar refractivity (Wildman–Crippen MR) is 65.4 cm³/mol. The van der Waals surface area contributed by atoms with Gasteiger partial charge in [0, 0.05) is 0 Å². The van der Waals surface area contributed by atoms with Crippen molar-refractivity contribution in [3.8, 4) is 0 Å². The monoisotopic (exact) mass is 290 g/mol. The number of methoxy groups -OCH3 is 1. The van der Waals surface area contributed by atoms with Gasteiger partial charge in [-0.1, -0.05) is 29.8 Å². The van der Waals surface area contributed by atoms with Crippen LogP contribution in [0.4, 0.5) is 0 Å². The Balaban J connectivity index is 3.00. The van der Waals surface area contributed by atoms with Gasteiger partial charge >= 0.3 is 5.97 Å². The van der Waals surface area contributed by atoms with Gasteiger partial charge in [-0.15, -0.1) is 0 Å². The highest BCUT2D eigenvalue weighted by Crippen LogP contribution is 2.42. The second kappa shape index (κ2) is 4.86. The molecule has 3 atom stereocenters. The lowest BCUT2D eigenvalue weighted by molar-refractivity contribution is -0.155. The Kier molecular flexibility index (Phi) is 4.16. The van der Waals surface area contributed by atoms with Crippen molar-refractivity contribution in [3.63, 3.8) is 0 Å². The first-order valence-corrected chi connectivity index (χ1v) is 6.41. The Morgan fingerprint density at radius 1 is 1.56 bits per heavy atom. The van der Waals surface area contributed by atoms with E-state index in [4.69, 9.17) is 4.74 Å². The molecule has 0 heterocycles. The largest absolute Gasteiger partial charge is 0.468 e. The molecule has 0 aromatic carbocycles. The molecule has 0 aromatic rings. The maximum absolute atomic E-state index is 12.2. The van der Waals surface area contributed by atoms with Crippen LogP contribution in [0.5, 0.6) is 0 Å². The van der Waals surface area contributed by atoms with E-state index in [9.17, 15) is 9.59 Å². The summed E-state index contributed by atoms with van der Waals surface area (Å²) in [5.41, 5.74) is 0. The zero-order chi connectivity index (χ0) is 12.5. The highest BCUT2D eigenvalue weighted by molar-refractivity contribution is 9.10. The number of carbonyl (C=O) groups is 2. The second-order valence-corrected chi connectivity index (χ2v) is 6.76. The number of ketones is 1. The van der Waals surface area contributed by atoms with E-state index in [0.717, 1.165) is 12.8 Å². The summed E-state index contributed by atoms with van der Waals surface area (Å²) in [6.07, 6.45) is 1.66. The van der Waals surface area contributed by atoms with Crippen molar-refractivity contribution in [2.75, 3.05) is 7.11 Å². The summed E-state index contributed by atoms with van der Waals surface area (Å²) < 4.78 is 4.18. The van der Waals surface area contributed by atoms with E-state index >= 15 is 0 Å². The first kappa shape index (κ1) is 13.7. The summed E-state index contributed by atoms with van der Waals surface area (Å²) in [5.74, 6) is -0.622. The average Bonchev–Trinajstić information content (AvgIpc) is 2.20. The molecular formula is C12H19BrO3. The van der Waals surface area contributed by atoms with Crippen molar-refractivity contribution in [3.05, 3.63) is 0 Å². The van der Waals surface area contributed by atoms with Gasteiger partial charge in [0.25, 0.3) is 0 Å². The second-order valence-electron chi connectivity index (χ2n) is 5.01. The van der Waals surface area contributed by atoms with Crippen LogP contribution in [0.3, 0.4) is 0 Å². The van der Waals surface area contributed by atoms with Crippen molar-refractivity contribution in [2.24, 2.45) is 17.8 Å². The van der Waals surface area contributed by atoms with Gasteiger partial charge in [-0.25, -0.2) is 0 Å². The van der Waals surface area contributed by atoms with Gasteiger partial charge in [-0.05, 0) is 31.6 Å². The van der Waals surface area contributed by atoms with Gasteiger partial charge in [0.05, 0.1) is 11.4 Å². The maximum Gasteiger partial charge on any atom is 0.316 e. The third-order valence-corrected chi connectivity index (χ3v) is 4.27. The third-order valence-electron chi connectivity index (χ3n) is 3.48. The number of rotatable bonds is 2. The maximum atomic E-state index is 12.2. The van der Waals surface area contributed by atoms with E-state index in [0.29, 0.717) is 5.92 Å². The molecule has 1 aliphatic carbocycles. The molecule has 0 amide bonds. The van der Waals surface area contributed by atoms with Crippen LogP contribution < -0.4 is 0 Å².